The summed E-state index contributed by atoms with van der Waals surface area (Å²) in [6.45, 7) is 1.80. The van der Waals surface area contributed by atoms with Crippen LogP contribution < -0.4 is 16.4 Å². The molecule has 3 atom stereocenters. The second-order valence-corrected chi connectivity index (χ2v) is 12.3. The van der Waals surface area contributed by atoms with Gasteiger partial charge in [-0.25, -0.2) is 4.79 Å². The molecule has 2 aromatic rings. The number of rotatable bonds is 19. The zero-order valence-electron chi connectivity index (χ0n) is 27.4. The van der Waals surface area contributed by atoms with E-state index in [0.29, 0.717) is 37.7 Å². The predicted octanol–water partition coefficient (Wildman–Crippen LogP) is 3.85. The van der Waals surface area contributed by atoms with Crippen LogP contribution in [0.5, 0.6) is 0 Å². The van der Waals surface area contributed by atoms with Gasteiger partial charge in [-0.1, -0.05) is 87.6 Å². The molecule has 2 aromatic carbocycles. The first-order chi connectivity index (χ1) is 22.7. The monoisotopic (exact) mass is 650 g/mol. The van der Waals surface area contributed by atoms with Gasteiger partial charge in [0.05, 0.1) is 18.2 Å². The fourth-order valence-electron chi connectivity index (χ4n) is 5.93. The van der Waals surface area contributed by atoms with Crippen molar-refractivity contribution in [1.29, 1.82) is 0 Å². The molecule has 0 spiro atoms. The number of benzene rings is 2. The molecule has 1 fully saturated rings. The number of amides is 3. The summed E-state index contributed by atoms with van der Waals surface area (Å²) in [6.07, 6.45) is 7.68. The molecule has 0 bridgehead atoms. The minimum Gasteiger partial charge on any atom is -0.480 e. The lowest BCUT2D eigenvalue weighted by Gasteiger charge is -2.30. The van der Waals surface area contributed by atoms with Gasteiger partial charge < -0.3 is 31.1 Å². The Bertz CT molecular complexity index is 1280. The first-order valence-electron chi connectivity index (χ1n) is 16.8. The summed E-state index contributed by atoms with van der Waals surface area (Å²) in [5.41, 5.74) is 7.51. The van der Waals surface area contributed by atoms with Crippen molar-refractivity contribution in [2.45, 2.75) is 95.7 Å². The molecule has 1 aliphatic rings. The lowest BCUT2D eigenvalue weighted by molar-refractivity contribution is -0.146. The molecular weight excluding hydrogens is 600 g/mol. The van der Waals surface area contributed by atoms with E-state index < -0.39 is 54.3 Å². The van der Waals surface area contributed by atoms with Crippen LogP contribution in [0, 0.1) is 5.92 Å². The fraction of sp³-hybridized carbons (Fsp3) is 0.528. The molecule has 5 N–H and O–H groups in total. The average molecular weight is 651 g/mol. The molecule has 256 valence electrons. The summed E-state index contributed by atoms with van der Waals surface area (Å²) < 4.78 is 5.31. The fourth-order valence-corrected chi connectivity index (χ4v) is 5.93. The molecule has 47 heavy (non-hydrogen) atoms. The molecule has 0 aromatic heterocycles. The second-order valence-electron chi connectivity index (χ2n) is 12.3. The quantitative estimate of drug-likeness (QED) is 0.131. The Morgan fingerprint density at radius 3 is 2.17 bits per heavy atom. The van der Waals surface area contributed by atoms with Crippen molar-refractivity contribution in [3.05, 3.63) is 71.8 Å². The van der Waals surface area contributed by atoms with Gasteiger partial charge in [-0.05, 0) is 55.7 Å². The molecule has 0 heterocycles. The third-order valence-corrected chi connectivity index (χ3v) is 8.44. The van der Waals surface area contributed by atoms with Gasteiger partial charge in [0, 0.05) is 13.0 Å². The van der Waals surface area contributed by atoms with E-state index in [1.165, 1.54) is 4.90 Å². The number of hydrogen-bond acceptors (Lipinski definition) is 7. The number of carbonyl (C=O) groups is 5. The van der Waals surface area contributed by atoms with Gasteiger partial charge in [0.1, 0.15) is 18.6 Å². The van der Waals surface area contributed by atoms with Crippen molar-refractivity contribution < 1.29 is 33.8 Å². The number of esters is 1. The molecule has 1 aliphatic carbocycles. The van der Waals surface area contributed by atoms with E-state index in [-0.39, 0.29) is 25.5 Å². The van der Waals surface area contributed by atoms with E-state index in [9.17, 15) is 29.1 Å². The summed E-state index contributed by atoms with van der Waals surface area (Å²) >= 11 is 0. The molecule has 3 amide bonds. The zero-order valence-corrected chi connectivity index (χ0v) is 27.4. The maximum atomic E-state index is 13.9. The van der Waals surface area contributed by atoms with Gasteiger partial charge in [-0.2, -0.15) is 0 Å². The molecule has 11 heteroatoms. The summed E-state index contributed by atoms with van der Waals surface area (Å²) in [6, 6.07) is 15.1. The summed E-state index contributed by atoms with van der Waals surface area (Å²) in [5, 5.41) is 15.2. The van der Waals surface area contributed by atoms with Crippen molar-refractivity contribution in [1.82, 2.24) is 15.5 Å². The van der Waals surface area contributed by atoms with Crippen molar-refractivity contribution in [3.63, 3.8) is 0 Å². The number of aliphatic carboxylic acids is 1. The van der Waals surface area contributed by atoms with Gasteiger partial charge in [0.25, 0.3) is 0 Å². The minimum atomic E-state index is -1.14. The Hall–Kier alpha value is -4.25. The Morgan fingerprint density at radius 1 is 0.894 bits per heavy atom. The molecule has 0 saturated heterocycles. The highest BCUT2D eigenvalue weighted by molar-refractivity contribution is 5.94. The third-order valence-electron chi connectivity index (χ3n) is 8.44. The molecule has 1 saturated carbocycles. The van der Waals surface area contributed by atoms with Crippen LogP contribution in [0.25, 0.3) is 0 Å². The Labute approximate surface area is 277 Å². The lowest BCUT2D eigenvalue weighted by Crippen LogP contribution is -2.57. The average Bonchev–Trinajstić information content (AvgIpc) is 3.07. The Morgan fingerprint density at radius 2 is 1.53 bits per heavy atom. The van der Waals surface area contributed by atoms with E-state index in [2.05, 4.69) is 10.6 Å². The SMILES string of the molecule is CCCN(CC(=O)O)C(=O)C(Cc1ccccc1)NC(=O)C(CC1CCCCC1)NC(=O)C(N)CCCCOC(=O)c1ccccc1. The van der Waals surface area contributed by atoms with Crippen LogP contribution in [0.3, 0.4) is 0 Å². The topological polar surface area (TPSA) is 168 Å². The van der Waals surface area contributed by atoms with E-state index in [4.69, 9.17) is 10.5 Å². The molecule has 3 unspecified atom stereocenters. The van der Waals surface area contributed by atoms with Crippen LogP contribution in [0.2, 0.25) is 0 Å². The number of carboxylic acid groups (broad SMARTS) is 1. The summed E-state index contributed by atoms with van der Waals surface area (Å²) in [4.78, 5) is 65.7. The Balaban J connectivity index is 1.65. The van der Waals surface area contributed by atoms with E-state index in [0.717, 1.165) is 37.7 Å². The van der Waals surface area contributed by atoms with Crippen LogP contribution in [0.4, 0.5) is 0 Å². The maximum Gasteiger partial charge on any atom is 0.338 e. The van der Waals surface area contributed by atoms with E-state index >= 15 is 0 Å². The molecular formula is C36H50N4O7. The molecule has 11 nitrogen and oxygen atoms in total. The Kier molecular flexibility index (Phi) is 15.9. The number of nitrogens with two attached hydrogens (primary N) is 1. The number of nitrogens with zero attached hydrogens (tertiary/aromatic N) is 1. The third kappa shape index (κ3) is 13.2. The van der Waals surface area contributed by atoms with Crippen molar-refractivity contribution >= 4 is 29.7 Å². The van der Waals surface area contributed by atoms with Crippen molar-refractivity contribution in [2.24, 2.45) is 11.7 Å². The van der Waals surface area contributed by atoms with Crippen molar-refractivity contribution in [3.8, 4) is 0 Å². The second kappa shape index (κ2) is 20.1. The molecule has 3 rings (SSSR count). The number of carbonyl (C=O) groups excluding carboxylic acids is 4. The first-order valence-corrected chi connectivity index (χ1v) is 16.8. The van der Waals surface area contributed by atoms with E-state index in [1.807, 2.05) is 43.3 Å². The minimum absolute atomic E-state index is 0.170. The highest BCUT2D eigenvalue weighted by Gasteiger charge is 2.32. The number of unbranched alkanes of at least 4 members (excludes halogenated alkanes) is 1. The van der Waals surface area contributed by atoms with Crippen LogP contribution in [-0.4, -0.2) is 77.5 Å². The first kappa shape index (κ1) is 37.2. The van der Waals surface area contributed by atoms with Gasteiger partial charge in [0.2, 0.25) is 17.7 Å². The largest absolute Gasteiger partial charge is 0.480 e. The number of hydrogen-bond donors (Lipinski definition) is 4. The maximum absolute atomic E-state index is 13.9. The van der Waals surface area contributed by atoms with Crippen LogP contribution in [-0.2, 0) is 30.3 Å². The standard InChI is InChI=1S/C36H50N4O7/c1-2-21-40(25-32(41)42)35(45)31(24-27-16-8-4-9-17-27)39-34(44)30(23-26-14-6-3-7-15-26)38-33(43)29(37)20-12-13-22-47-36(46)28-18-10-5-11-19-28/h4-5,8-11,16-19,26,29-31H,2-3,6-7,12-15,20-25,37H2,1H3,(H,38,43)(H,39,44)(H,41,42). The number of nitrogens with one attached hydrogen (secondary N) is 2. The number of ether oxygens (including phenoxy) is 1. The highest BCUT2D eigenvalue weighted by Crippen LogP contribution is 2.27. The normalized spacial score (nSPS) is 15.1. The molecule has 0 aliphatic heterocycles. The van der Waals surface area contributed by atoms with E-state index in [1.54, 1.807) is 24.3 Å². The van der Waals surface area contributed by atoms with Crippen LogP contribution >= 0.6 is 0 Å². The van der Waals surface area contributed by atoms with Gasteiger partial charge >= 0.3 is 11.9 Å². The van der Waals surface area contributed by atoms with Gasteiger partial charge in [0.15, 0.2) is 0 Å². The number of carboxylic acids is 1. The van der Waals surface area contributed by atoms with Gasteiger partial charge in [-0.3, -0.25) is 19.2 Å². The molecule has 0 radical (unpaired) electrons. The van der Waals surface area contributed by atoms with Crippen LogP contribution in [0.15, 0.2) is 60.7 Å². The van der Waals surface area contributed by atoms with Crippen LogP contribution in [0.1, 0.15) is 87.1 Å². The predicted molar refractivity (Wildman–Crippen MR) is 178 cm³/mol. The smallest absolute Gasteiger partial charge is 0.338 e. The van der Waals surface area contributed by atoms with Gasteiger partial charge in [-0.15, -0.1) is 0 Å². The lowest BCUT2D eigenvalue weighted by atomic mass is 9.84. The summed E-state index contributed by atoms with van der Waals surface area (Å²) in [7, 11) is 0. The zero-order chi connectivity index (χ0) is 34.0. The van der Waals surface area contributed by atoms with Crippen molar-refractivity contribution in [2.75, 3.05) is 19.7 Å². The highest BCUT2D eigenvalue weighted by atomic mass is 16.5. The summed E-state index contributed by atoms with van der Waals surface area (Å²) in [5.74, 6) is -2.76.